The molecule has 0 saturated heterocycles. The van der Waals surface area contributed by atoms with E-state index in [9.17, 15) is 10.1 Å². The third kappa shape index (κ3) is 1.85. The molecule has 0 amide bonds. The first kappa shape index (κ1) is 10.9. The number of nitrogens with two attached hydrogens (primary N) is 1. The first-order chi connectivity index (χ1) is 7.61. The molecule has 2 rings (SSSR count). The molecular formula is C9H14N4O3. The fourth-order valence-electron chi connectivity index (χ4n) is 1.82. The monoisotopic (exact) mass is 226 g/mol. The third-order valence-electron chi connectivity index (χ3n) is 2.63. The molecule has 2 atom stereocenters. The van der Waals surface area contributed by atoms with Crippen LogP contribution in [0.2, 0.25) is 0 Å². The van der Waals surface area contributed by atoms with Gasteiger partial charge in [0.1, 0.15) is 12.3 Å². The van der Waals surface area contributed by atoms with E-state index >= 15 is 0 Å². The lowest BCUT2D eigenvalue weighted by atomic mass is 10.1. The van der Waals surface area contributed by atoms with E-state index in [0.717, 1.165) is 12.8 Å². The number of hydrogen-bond donors (Lipinski definition) is 1. The van der Waals surface area contributed by atoms with Gasteiger partial charge in [-0.2, -0.15) is 0 Å². The molecule has 7 heteroatoms. The summed E-state index contributed by atoms with van der Waals surface area (Å²) in [6, 6.07) is 0.160. The Morgan fingerprint density at radius 1 is 1.81 bits per heavy atom. The number of nitro groups is 1. The van der Waals surface area contributed by atoms with Gasteiger partial charge in [0.2, 0.25) is 0 Å². The molecule has 0 unspecified atom stereocenters. The van der Waals surface area contributed by atoms with E-state index in [2.05, 4.69) is 4.98 Å². The fourth-order valence-corrected chi connectivity index (χ4v) is 1.82. The highest BCUT2D eigenvalue weighted by Crippen LogP contribution is 2.25. The third-order valence-corrected chi connectivity index (χ3v) is 2.63. The molecule has 88 valence electrons. The zero-order valence-electron chi connectivity index (χ0n) is 9.00. The Labute approximate surface area is 92.4 Å². The number of imidazole rings is 1. The van der Waals surface area contributed by atoms with Gasteiger partial charge in [0.05, 0.1) is 6.04 Å². The Kier molecular flexibility index (Phi) is 2.78. The van der Waals surface area contributed by atoms with Crippen LogP contribution in [0.5, 0.6) is 6.01 Å². The van der Waals surface area contributed by atoms with Gasteiger partial charge in [-0.25, -0.2) is 0 Å². The summed E-state index contributed by atoms with van der Waals surface area (Å²) in [5.41, 5.74) is 5.92. The predicted molar refractivity (Wildman–Crippen MR) is 56.2 cm³/mol. The molecule has 0 fully saturated rings. The van der Waals surface area contributed by atoms with Gasteiger partial charge in [-0.15, -0.1) is 0 Å². The average Bonchev–Trinajstić information content (AvgIpc) is 2.61. The number of hydrogen-bond acceptors (Lipinski definition) is 5. The van der Waals surface area contributed by atoms with Gasteiger partial charge in [-0.05, 0) is 11.3 Å². The quantitative estimate of drug-likeness (QED) is 0.603. The van der Waals surface area contributed by atoms with Gasteiger partial charge >= 0.3 is 11.8 Å². The van der Waals surface area contributed by atoms with Crippen LogP contribution in [0.25, 0.3) is 0 Å². The molecule has 16 heavy (non-hydrogen) atoms. The Balaban J connectivity index is 2.22. The van der Waals surface area contributed by atoms with Crippen molar-refractivity contribution in [3.8, 4) is 6.01 Å². The molecule has 0 aliphatic carbocycles. The van der Waals surface area contributed by atoms with Crippen LogP contribution in [0.3, 0.4) is 0 Å². The Hall–Kier alpha value is -1.63. The maximum Gasteiger partial charge on any atom is 0.414 e. The van der Waals surface area contributed by atoms with Crippen LogP contribution >= 0.6 is 0 Å². The van der Waals surface area contributed by atoms with Crippen LogP contribution < -0.4 is 10.5 Å². The maximum absolute atomic E-state index is 10.6. The van der Waals surface area contributed by atoms with E-state index in [1.807, 2.05) is 6.92 Å². The topological polar surface area (TPSA) is 96.2 Å². The van der Waals surface area contributed by atoms with E-state index in [0.29, 0.717) is 12.6 Å². The molecule has 1 aromatic heterocycles. The summed E-state index contributed by atoms with van der Waals surface area (Å²) in [4.78, 5) is 13.8. The zero-order chi connectivity index (χ0) is 11.7. The predicted octanol–water partition coefficient (Wildman–Crippen LogP) is 0.680. The lowest BCUT2D eigenvalue weighted by Crippen LogP contribution is -2.45. The normalized spacial score (nSPS) is 23.6. The van der Waals surface area contributed by atoms with E-state index in [1.165, 1.54) is 6.20 Å². The minimum atomic E-state index is -0.533. The number of nitrogens with zero attached hydrogens (tertiary/aromatic N) is 3. The van der Waals surface area contributed by atoms with Gasteiger partial charge in [-0.3, -0.25) is 4.57 Å². The maximum atomic E-state index is 10.6. The summed E-state index contributed by atoms with van der Waals surface area (Å²) >= 11 is 0. The number of fused-ring (bicyclic) bond motifs is 1. The van der Waals surface area contributed by atoms with Crippen LogP contribution in [-0.2, 0) is 6.54 Å². The standard InChI is InChI=1S/C9H14N4O3/c1-2-3-7-6(10)4-12-5-8(13(14)15)11-9(12)16-7/h5-7H,2-4,10H2,1H3/t6-,7+/m0/s1. The summed E-state index contributed by atoms with van der Waals surface area (Å²) in [5.74, 6) is -0.195. The van der Waals surface area contributed by atoms with Crippen molar-refractivity contribution in [2.24, 2.45) is 5.73 Å². The summed E-state index contributed by atoms with van der Waals surface area (Å²) < 4.78 is 7.13. The van der Waals surface area contributed by atoms with Crippen LogP contribution in [0.15, 0.2) is 6.20 Å². The van der Waals surface area contributed by atoms with Crippen molar-refractivity contribution in [2.45, 2.75) is 38.5 Å². The first-order valence-corrected chi connectivity index (χ1v) is 5.25. The average molecular weight is 226 g/mol. The van der Waals surface area contributed by atoms with Gasteiger partial charge in [0.15, 0.2) is 0 Å². The minimum Gasteiger partial charge on any atom is -0.441 e. The van der Waals surface area contributed by atoms with Crippen LogP contribution in [-0.4, -0.2) is 26.6 Å². The second kappa shape index (κ2) is 4.09. The molecule has 2 N–H and O–H groups in total. The molecule has 7 nitrogen and oxygen atoms in total. The largest absolute Gasteiger partial charge is 0.441 e. The van der Waals surface area contributed by atoms with E-state index in [4.69, 9.17) is 10.5 Å². The van der Waals surface area contributed by atoms with Crippen molar-refractivity contribution in [2.75, 3.05) is 0 Å². The highest BCUT2D eigenvalue weighted by Gasteiger charge is 2.32. The number of rotatable bonds is 3. The van der Waals surface area contributed by atoms with Crippen molar-refractivity contribution in [1.82, 2.24) is 9.55 Å². The number of ether oxygens (including phenoxy) is 1. The second-order valence-corrected chi connectivity index (χ2v) is 3.90. The van der Waals surface area contributed by atoms with Gasteiger partial charge in [-0.1, -0.05) is 13.3 Å². The molecule has 2 heterocycles. The second-order valence-electron chi connectivity index (χ2n) is 3.90. The van der Waals surface area contributed by atoms with Crippen LogP contribution in [0.4, 0.5) is 5.82 Å². The van der Waals surface area contributed by atoms with Gasteiger partial charge in [0, 0.05) is 11.5 Å². The van der Waals surface area contributed by atoms with Crippen molar-refractivity contribution in [3.63, 3.8) is 0 Å². The van der Waals surface area contributed by atoms with Gasteiger partial charge < -0.3 is 20.6 Å². The van der Waals surface area contributed by atoms with E-state index in [1.54, 1.807) is 4.57 Å². The lowest BCUT2D eigenvalue weighted by Gasteiger charge is -2.27. The molecular weight excluding hydrogens is 212 g/mol. The molecule has 0 saturated carbocycles. The highest BCUT2D eigenvalue weighted by molar-refractivity contribution is 5.22. The van der Waals surface area contributed by atoms with Crippen LogP contribution in [0, 0.1) is 10.1 Å². The summed E-state index contributed by atoms with van der Waals surface area (Å²) in [5, 5.41) is 10.6. The lowest BCUT2D eigenvalue weighted by molar-refractivity contribution is -0.389. The van der Waals surface area contributed by atoms with Crippen molar-refractivity contribution in [1.29, 1.82) is 0 Å². The Bertz CT molecular complexity index is 403. The molecule has 1 aromatic rings. The summed E-state index contributed by atoms with van der Waals surface area (Å²) in [7, 11) is 0. The molecule has 0 bridgehead atoms. The SMILES string of the molecule is CCC[C@H]1Oc2nc([N+](=O)[O-])cn2C[C@@H]1N. The van der Waals surface area contributed by atoms with Gasteiger partial charge in [0.25, 0.3) is 0 Å². The Morgan fingerprint density at radius 3 is 3.19 bits per heavy atom. The zero-order valence-corrected chi connectivity index (χ0v) is 9.00. The molecule has 1 aliphatic heterocycles. The summed E-state index contributed by atoms with van der Waals surface area (Å²) in [6.07, 6.45) is 3.06. The van der Waals surface area contributed by atoms with E-state index < -0.39 is 4.92 Å². The minimum absolute atomic E-state index is 0.0977. The molecule has 0 radical (unpaired) electrons. The van der Waals surface area contributed by atoms with Crippen molar-refractivity contribution >= 4 is 5.82 Å². The van der Waals surface area contributed by atoms with Crippen molar-refractivity contribution < 1.29 is 9.66 Å². The number of aromatic nitrogens is 2. The Morgan fingerprint density at radius 2 is 2.56 bits per heavy atom. The first-order valence-electron chi connectivity index (χ1n) is 5.25. The smallest absolute Gasteiger partial charge is 0.414 e. The van der Waals surface area contributed by atoms with E-state index in [-0.39, 0.29) is 18.0 Å². The van der Waals surface area contributed by atoms with Crippen LogP contribution in [0.1, 0.15) is 19.8 Å². The molecule has 1 aliphatic rings. The molecule has 0 aromatic carbocycles. The van der Waals surface area contributed by atoms with Crippen molar-refractivity contribution in [3.05, 3.63) is 16.3 Å². The fraction of sp³-hybridized carbons (Fsp3) is 0.667. The summed E-state index contributed by atoms with van der Waals surface area (Å²) in [6.45, 7) is 2.56. The molecule has 0 spiro atoms. The highest BCUT2D eigenvalue weighted by atomic mass is 16.6.